The van der Waals surface area contributed by atoms with Gasteiger partial charge >= 0.3 is 0 Å². The summed E-state index contributed by atoms with van der Waals surface area (Å²) in [6, 6.07) is 0. The molecule has 0 spiro atoms. The minimum atomic E-state index is -0.145. The molecule has 0 aromatic heterocycles. The Kier molecular flexibility index (Phi) is 4.91. The fourth-order valence-corrected chi connectivity index (χ4v) is 4.20. The van der Waals surface area contributed by atoms with E-state index >= 15 is 0 Å². The number of nitrogens with zero attached hydrogens (tertiary/aromatic N) is 1. The summed E-state index contributed by atoms with van der Waals surface area (Å²) >= 11 is 0. The Morgan fingerprint density at radius 2 is 1.95 bits per heavy atom. The molecule has 2 heterocycles. The number of rotatable bonds is 4. The normalized spacial score (nSPS) is 32.5. The summed E-state index contributed by atoms with van der Waals surface area (Å²) in [5.74, 6) is 1.28. The number of carbonyl (C=O) groups is 1. The van der Waals surface area contributed by atoms with Gasteiger partial charge in [-0.15, -0.1) is 0 Å². The maximum Gasteiger partial charge on any atom is 0.126 e. The molecule has 2 rings (SSSR count). The Balaban J connectivity index is 1.98. The summed E-state index contributed by atoms with van der Waals surface area (Å²) in [6.45, 7) is 13.0. The van der Waals surface area contributed by atoms with Gasteiger partial charge in [0.2, 0.25) is 0 Å². The molecule has 2 aliphatic rings. The topological polar surface area (TPSA) is 29.5 Å². The largest absolute Gasteiger partial charge is 0.376 e. The van der Waals surface area contributed by atoms with Crippen molar-refractivity contribution in [2.75, 3.05) is 26.2 Å². The van der Waals surface area contributed by atoms with Crippen LogP contribution in [0.3, 0.4) is 0 Å². The molecule has 0 N–H and O–H groups in total. The first kappa shape index (κ1) is 16.0. The number of aldehydes is 1. The van der Waals surface area contributed by atoms with Crippen molar-refractivity contribution in [1.82, 2.24) is 4.90 Å². The monoisotopic (exact) mass is 281 g/mol. The molecule has 0 saturated carbocycles. The molecule has 0 aromatic carbocycles. The van der Waals surface area contributed by atoms with Gasteiger partial charge in [0.15, 0.2) is 0 Å². The van der Waals surface area contributed by atoms with Gasteiger partial charge in [-0.05, 0) is 64.5 Å². The second-order valence-electron chi connectivity index (χ2n) is 7.85. The van der Waals surface area contributed by atoms with Crippen LogP contribution in [0.4, 0.5) is 0 Å². The van der Waals surface area contributed by atoms with Crippen molar-refractivity contribution in [2.45, 2.75) is 59.0 Å². The zero-order valence-corrected chi connectivity index (χ0v) is 13.7. The second-order valence-corrected chi connectivity index (χ2v) is 7.85. The van der Waals surface area contributed by atoms with E-state index in [0.29, 0.717) is 5.92 Å². The fourth-order valence-electron chi connectivity index (χ4n) is 4.20. The summed E-state index contributed by atoms with van der Waals surface area (Å²) < 4.78 is 5.82. The molecular weight excluding hydrogens is 250 g/mol. The standard InChI is InChI=1S/C17H31NO2/c1-14(2)11-18-8-5-15(6-9-18)17(13-19)7-10-20-16(3,4)12-17/h13-15H,5-12H2,1-4H3. The molecule has 0 aromatic rings. The summed E-state index contributed by atoms with van der Waals surface area (Å²) in [6.07, 6.45) is 5.40. The third kappa shape index (κ3) is 3.62. The van der Waals surface area contributed by atoms with Crippen molar-refractivity contribution < 1.29 is 9.53 Å². The van der Waals surface area contributed by atoms with E-state index in [1.54, 1.807) is 0 Å². The lowest BCUT2D eigenvalue weighted by atomic mass is 9.64. The van der Waals surface area contributed by atoms with Crippen LogP contribution in [0.15, 0.2) is 0 Å². The Morgan fingerprint density at radius 3 is 2.45 bits per heavy atom. The van der Waals surface area contributed by atoms with Crippen LogP contribution >= 0.6 is 0 Å². The zero-order valence-electron chi connectivity index (χ0n) is 13.7. The highest BCUT2D eigenvalue weighted by molar-refractivity contribution is 5.60. The Morgan fingerprint density at radius 1 is 1.30 bits per heavy atom. The lowest BCUT2D eigenvalue weighted by Crippen LogP contribution is -2.49. The van der Waals surface area contributed by atoms with E-state index in [1.807, 2.05) is 0 Å². The van der Waals surface area contributed by atoms with Gasteiger partial charge in [-0.25, -0.2) is 0 Å². The molecule has 0 amide bonds. The first-order chi connectivity index (χ1) is 9.37. The van der Waals surface area contributed by atoms with Crippen LogP contribution < -0.4 is 0 Å². The van der Waals surface area contributed by atoms with Crippen LogP contribution in [-0.2, 0) is 9.53 Å². The molecule has 0 aliphatic carbocycles. The third-order valence-corrected chi connectivity index (χ3v) is 5.07. The minimum Gasteiger partial charge on any atom is -0.376 e. The summed E-state index contributed by atoms with van der Waals surface area (Å²) in [5, 5.41) is 0. The number of carbonyl (C=O) groups excluding carboxylic acids is 1. The van der Waals surface area contributed by atoms with Gasteiger partial charge < -0.3 is 14.4 Å². The molecule has 20 heavy (non-hydrogen) atoms. The van der Waals surface area contributed by atoms with Crippen molar-refractivity contribution in [2.24, 2.45) is 17.3 Å². The van der Waals surface area contributed by atoms with E-state index in [-0.39, 0.29) is 11.0 Å². The van der Waals surface area contributed by atoms with Crippen LogP contribution in [0.2, 0.25) is 0 Å². The van der Waals surface area contributed by atoms with E-state index in [1.165, 1.54) is 25.7 Å². The molecule has 0 bridgehead atoms. The predicted octanol–water partition coefficient (Wildman–Crippen LogP) is 3.13. The van der Waals surface area contributed by atoms with Crippen molar-refractivity contribution >= 4 is 6.29 Å². The first-order valence-corrected chi connectivity index (χ1v) is 8.19. The van der Waals surface area contributed by atoms with E-state index < -0.39 is 0 Å². The number of likely N-dealkylation sites (tertiary alicyclic amines) is 1. The minimum absolute atomic E-state index is 0.133. The van der Waals surface area contributed by atoms with Crippen LogP contribution in [0.1, 0.15) is 53.4 Å². The Hall–Kier alpha value is -0.410. The smallest absolute Gasteiger partial charge is 0.126 e. The van der Waals surface area contributed by atoms with Crippen molar-refractivity contribution in [3.63, 3.8) is 0 Å². The zero-order chi connectivity index (χ0) is 14.8. The van der Waals surface area contributed by atoms with Gasteiger partial charge in [0.05, 0.1) is 5.60 Å². The SMILES string of the molecule is CC(C)CN1CCC(C2(C=O)CCOC(C)(C)C2)CC1. The lowest BCUT2D eigenvalue weighted by Gasteiger charge is -2.48. The van der Waals surface area contributed by atoms with Crippen molar-refractivity contribution in [3.05, 3.63) is 0 Å². The Bertz CT molecular complexity index is 332. The molecule has 2 fully saturated rings. The van der Waals surface area contributed by atoms with Crippen LogP contribution in [0, 0.1) is 17.3 Å². The maximum absolute atomic E-state index is 11.9. The predicted molar refractivity (Wildman–Crippen MR) is 81.8 cm³/mol. The molecular formula is C17H31NO2. The molecule has 2 saturated heterocycles. The third-order valence-electron chi connectivity index (χ3n) is 5.07. The van der Waals surface area contributed by atoms with E-state index in [4.69, 9.17) is 4.74 Å². The highest BCUT2D eigenvalue weighted by Crippen LogP contribution is 2.46. The summed E-state index contributed by atoms with van der Waals surface area (Å²) in [5.41, 5.74) is -0.278. The van der Waals surface area contributed by atoms with Gasteiger partial charge in [-0.3, -0.25) is 0 Å². The van der Waals surface area contributed by atoms with Crippen molar-refractivity contribution in [1.29, 1.82) is 0 Å². The average molecular weight is 281 g/mol. The molecule has 1 atom stereocenters. The highest BCUT2D eigenvalue weighted by Gasteiger charge is 2.46. The van der Waals surface area contributed by atoms with Crippen LogP contribution in [0.5, 0.6) is 0 Å². The fraction of sp³-hybridized carbons (Fsp3) is 0.941. The average Bonchev–Trinajstić information content (AvgIpc) is 2.37. The summed E-state index contributed by atoms with van der Waals surface area (Å²) in [4.78, 5) is 14.4. The van der Waals surface area contributed by atoms with E-state index in [0.717, 1.165) is 38.5 Å². The first-order valence-electron chi connectivity index (χ1n) is 8.19. The highest BCUT2D eigenvalue weighted by atomic mass is 16.5. The number of hydrogen-bond acceptors (Lipinski definition) is 3. The van der Waals surface area contributed by atoms with Gasteiger partial charge in [-0.2, -0.15) is 0 Å². The molecule has 1 unspecified atom stereocenters. The van der Waals surface area contributed by atoms with Gasteiger partial charge in [-0.1, -0.05) is 13.8 Å². The van der Waals surface area contributed by atoms with Crippen LogP contribution in [0.25, 0.3) is 0 Å². The van der Waals surface area contributed by atoms with Gasteiger partial charge in [0.25, 0.3) is 0 Å². The molecule has 0 radical (unpaired) electrons. The molecule has 3 heteroatoms. The molecule has 2 aliphatic heterocycles. The number of hydrogen-bond donors (Lipinski definition) is 0. The van der Waals surface area contributed by atoms with Gasteiger partial charge in [0.1, 0.15) is 6.29 Å². The van der Waals surface area contributed by atoms with Crippen LogP contribution in [-0.4, -0.2) is 43.0 Å². The number of ether oxygens (including phenoxy) is 1. The lowest BCUT2D eigenvalue weighted by molar-refractivity contribution is -0.148. The number of piperidine rings is 1. The summed E-state index contributed by atoms with van der Waals surface area (Å²) in [7, 11) is 0. The Labute approximate surface area is 124 Å². The quantitative estimate of drug-likeness (QED) is 0.742. The van der Waals surface area contributed by atoms with E-state index in [9.17, 15) is 4.79 Å². The van der Waals surface area contributed by atoms with Gasteiger partial charge in [0, 0.05) is 18.6 Å². The molecule has 116 valence electrons. The molecule has 3 nitrogen and oxygen atoms in total. The second kappa shape index (κ2) is 6.15. The maximum atomic E-state index is 11.9. The van der Waals surface area contributed by atoms with E-state index in [2.05, 4.69) is 32.6 Å². The van der Waals surface area contributed by atoms with Crippen molar-refractivity contribution in [3.8, 4) is 0 Å².